The lowest BCUT2D eigenvalue weighted by Gasteiger charge is -2.30. The van der Waals surface area contributed by atoms with Crippen LogP contribution in [0.25, 0.3) is 0 Å². The molecule has 0 saturated heterocycles. The van der Waals surface area contributed by atoms with E-state index in [2.05, 4.69) is 18.8 Å². The number of rotatable bonds is 3. The minimum Gasteiger partial charge on any atom is -0.466 e. The van der Waals surface area contributed by atoms with E-state index in [0.717, 1.165) is 51.4 Å². The molecule has 2 aliphatic rings. The van der Waals surface area contributed by atoms with Crippen LogP contribution in [-0.4, -0.2) is 23.8 Å². The molecule has 0 aromatic carbocycles. The molecule has 2 rings (SSSR count). The average molecular weight is 306 g/mol. The van der Waals surface area contributed by atoms with Crippen LogP contribution in [0.5, 0.6) is 0 Å². The molecule has 0 aromatic heterocycles. The second-order valence-electron chi connectivity index (χ2n) is 6.83. The summed E-state index contributed by atoms with van der Waals surface area (Å²) in [5.41, 5.74) is 0. The zero-order valence-electron chi connectivity index (χ0n) is 14.0. The summed E-state index contributed by atoms with van der Waals surface area (Å²) in [6.07, 6.45) is 7.76. The summed E-state index contributed by atoms with van der Waals surface area (Å²) in [4.78, 5) is 11.7. The first-order valence-corrected chi connectivity index (χ1v) is 8.99. The zero-order chi connectivity index (χ0) is 15.9. The van der Waals surface area contributed by atoms with Crippen molar-refractivity contribution >= 4 is 5.97 Å². The van der Waals surface area contributed by atoms with Gasteiger partial charge < -0.3 is 9.84 Å². The third-order valence-electron chi connectivity index (χ3n) is 5.31. The van der Waals surface area contributed by atoms with Crippen molar-refractivity contribution in [3.63, 3.8) is 0 Å². The van der Waals surface area contributed by atoms with Crippen molar-refractivity contribution < 1.29 is 14.6 Å². The van der Waals surface area contributed by atoms with Gasteiger partial charge in [-0.1, -0.05) is 25.2 Å². The van der Waals surface area contributed by atoms with Gasteiger partial charge in [-0.05, 0) is 57.8 Å². The van der Waals surface area contributed by atoms with E-state index >= 15 is 0 Å². The van der Waals surface area contributed by atoms with Crippen LogP contribution in [0.3, 0.4) is 0 Å². The van der Waals surface area contributed by atoms with Gasteiger partial charge in [-0.3, -0.25) is 4.79 Å². The number of carbonyl (C=O) groups excluding carboxylic acids is 1. The van der Waals surface area contributed by atoms with Crippen LogP contribution in [0.4, 0.5) is 0 Å². The van der Waals surface area contributed by atoms with E-state index in [1.54, 1.807) is 0 Å². The number of aliphatic hydroxyl groups is 1. The van der Waals surface area contributed by atoms with E-state index in [1.807, 2.05) is 6.92 Å². The van der Waals surface area contributed by atoms with E-state index in [9.17, 15) is 9.90 Å². The first kappa shape index (κ1) is 17.3. The molecule has 2 aliphatic carbocycles. The SMILES string of the molecule is CCOC(=O)C1CCC(C#CC2CCC(O)C(CC)C2)CC1. The fraction of sp³-hybridized carbons (Fsp3) is 0.842. The number of aliphatic hydroxyl groups excluding tert-OH is 1. The van der Waals surface area contributed by atoms with Crippen molar-refractivity contribution in [2.75, 3.05) is 6.61 Å². The Labute approximate surface area is 134 Å². The van der Waals surface area contributed by atoms with Crippen molar-refractivity contribution in [2.45, 2.75) is 71.3 Å². The molecule has 0 amide bonds. The maximum Gasteiger partial charge on any atom is 0.308 e. The molecular weight excluding hydrogens is 276 g/mol. The molecule has 0 bridgehead atoms. The fourth-order valence-electron chi connectivity index (χ4n) is 3.79. The zero-order valence-corrected chi connectivity index (χ0v) is 14.0. The third-order valence-corrected chi connectivity index (χ3v) is 5.31. The number of hydrogen-bond acceptors (Lipinski definition) is 3. The van der Waals surface area contributed by atoms with Gasteiger partial charge in [0.15, 0.2) is 0 Å². The highest BCUT2D eigenvalue weighted by Crippen LogP contribution is 2.32. The summed E-state index contributed by atoms with van der Waals surface area (Å²) in [5, 5.41) is 9.94. The van der Waals surface area contributed by atoms with E-state index < -0.39 is 0 Å². The van der Waals surface area contributed by atoms with Crippen molar-refractivity contribution in [1.29, 1.82) is 0 Å². The number of carbonyl (C=O) groups is 1. The Morgan fingerprint density at radius 3 is 2.32 bits per heavy atom. The molecule has 22 heavy (non-hydrogen) atoms. The summed E-state index contributed by atoms with van der Waals surface area (Å²) in [6.45, 7) is 4.49. The molecule has 0 aromatic rings. The average Bonchev–Trinajstić information content (AvgIpc) is 2.55. The Morgan fingerprint density at radius 2 is 1.68 bits per heavy atom. The van der Waals surface area contributed by atoms with Gasteiger partial charge in [0.1, 0.15) is 0 Å². The van der Waals surface area contributed by atoms with Crippen LogP contribution in [0.15, 0.2) is 0 Å². The van der Waals surface area contributed by atoms with Crippen LogP contribution in [0, 0.1) is 35.5 Å². The topological polar surface area (TPSA) is 46.5 Å². The molecule has 2 saturated carbocycles. The maximum absolute atomic E-state index is 11.7. The number of hydrogen-bond donors (Lipinski definition) is 1. The molecule has 3 nitrogen and oxygen atoms in total. The highest BCUT2D eigenvalue weighted by molar-refractivity contribution is 5.72. The Morgan fingerprint density at radius 1 is 1.05 bits per heavy atom. The van der Waals surface area contributed by atoms with Crippen LogP contribution >= 0.6 is 0 Å². The normalized spacial score (nSPS) is 35.3. The van der Waals surface area contributed by atoms with Crippen molar-refractivity contribution in [1.82, 2.24) is 0 Å². The van der Waals surface area contributed by atoms with Crippen LogP contribution in [0.1, 0.15) is 65.2 Å². The van der Waals surface area contributed by atoms with Gasteiger partial charge in [0, 0.05) is 11.8 Å². The smallest absolute Gasteiger partial charge is 0.308 e. The van der Waals surface area contributed by atoms with Crippen molar-refractivity contribution in [3.05, 3.63) is 0 Å². The quantitative estimate of drug-likeness (QED) is 0.641. The molecule has 3 unspecified atom stereocenters. The van der Waals surface area contributed by atoms with Crippen LogP contribution < -0.4 is 0 Å². The molecule has 0 aliphatic heterocycles. The van der Waals surface area contributed by atoms with E-state index in [0.29, 0.717) is 24.4 Å². The van der Waals surface area contributed by atoms with Gasteiger partial charge in [0.2, 0.25) is 0 Å². The molecular formula is C19H30O3. The predicted octanol–water partition coefficient (Wildman–Crippen LogP) is 3.55. The molecule has 0 spiro atoms. The first-order valence-electron chi connectivity index (χ1n) is 8.99. The number of ether oxygens (including phenoxy) is 1. The largest absolute Gasteiger partial charge is 0.466 e. The lowest BCUT2D eigenvalue weighted by Crippen LogP contribution is -2.28. The van der Waals surface area contributed by atoms with Crippen LogP contribution in [-0.2, 0) is 9.53 Å². The van der Waals surface area contributed by atoms with E-state index in [-0.39, 0.29) is 18.0 Å². The first-order chi connectivity index (χ1) is 10.6. The van der Waals surface area contributed by atoms with Crippen molar-refractivity contribution in [3.8, 4) is 11.8 Å². The minimum absolute atomic E-state index is 0.0269. The summed E-state index contributed by atoms with van der Waals surface area (Å²) >= 11 is 0. The molecule has 3 heteroatoms. The van der Waals surface area contributed by atoms with Gasteiger partial charge in [-0.25, -0.2) is 0 Å². The molecule has 0 radical (unpaired) electrons. The standard InChI is InChI=1S/C19H30O3/c1-3-16-13-15(9-12-18(16)20)6-5-14-7-10-17(11-8-14)19(21)22-4-2/h14-18,20H,3-4,7-13H2,1-2H3. The summed E-state index contributed by atoms with van der Waals surface area (Å²) in [7, 11) is 0. The molecule has 0 heterocycles. The Balaban J connectivity index is 1.78. The second kappa shape index (κ2) is 8.58. The lowest BCUT2D eigenvalue weighted by molar-refractivity contribution is -0.149. The van der Waals surface area contributed by atoms with Gasteiger partial charge in [-0.15, -0.1) is 0 Å². The molecule has 2 fully saturated rings. The predicted molar refractivity (Wildman–Crippen MR) is 87.0 cm³/mol. The highest BCUT2D eigenvalue weighted by Gasteiger charge is 2.28. The van der Waals surface area contributed by atoms with Crippen molar-refractivity contribution in [2.24, 2.45) is 23.7 Å². The van der Waals surface area contributed by atoms with Crippen LogP contribution in [0.2, 0.25) is 0 Å². The Bertz CT molecular complexity index is 412. The van der Waals surface area contributed by atoms with Gasteiger partial charge in [-0.2, -0.15) is 0 Å². The Kier molecular flexibility index (Phi) is 6.76. The summed E-state index contributed by atoms with van der Waals surface area (Å²) in [5.74, 6) is 8.31. The summed E-state index contributed by atoms with van der Waals surface area (Å²) in [6, 6.07) is 0. The van der Waals surface area contributed by atoms with E-state index in [4.69, 9.17) is 4.74 Å². The third kappa shape index (κ3) is 4.74. The second-order valence-corrected chi connectivity index (χ2v) is 6.83. The van der Waals surface area contributed by atoms with Gasteiger partial charge in [0.25, 0.3) is 0 Å². The Hall–Kier alpha value is -1.01. The van der Waals surface area contributed by atoms with Gasteiger partial charge >= 0.3 is 5.97 Å². The molecule has 124 valence electrons. The molecule has 1 N–H and O–H groups in total. The number of esters is 1. The highest BCUT2D eigenvalue weighted by atomic mass is 16.5. The lowest BCUT2D eigenvalue weighted by atomic mass is 9.77. The molecule has 3 atom stereocenters. The summed E-state index contributed by atoms with van der Waals surface area (Å²) < 4.78 is 5.11. The van der Waals surface area contributed by atoms with Gasteiger partial charge in [0.05, 0.1) is 18.6 Å². The maximum atomic E-state index is 11.7. The fourth-order valence-corrected chi connectivity index (χ4v) is 3.79. The monoisotopic (exact) mass is 306 g/mol. The van der Waals surface area contributed by atoms with E-state index in [1.165, 1.54) is 0 Å². The minimum atomic E-state index is -0.122.